The van der Waals surface area contributed by atoms with Gasteiger partial charge in [0.25, 0.3) is 5.91 Å². The van der Waals surface area contributed by atoms with Crippen molar-refractivity contribution in [3.8, 4) is 5.95 Å². The predicted octanol–water partition coefficient (Wildman–Crippen LogP) is 2.67. The molecular formula is C23H22ClN7O2. The molecule has 0 aliphatic carbocycles. The average Bonchev–Trinajstić information content (AvgIpc) is 3.27. The van der Waals surface area contributed by atoms with E-state index in [9.17, 15) is 4.79 Å². The molecule has 168 valence electrons. The summed E-state index contributed by atoms with van der Waals surface area (Å²) in [5.74, 6) is 0.171. The van der Waals surface area contributed by atoms with E-state index in [1.54, 1.807) is 47.7 Å². The Balaban J connectivity index is 1.45. The first-order valence-electron chi connectivity index (χ1n) is 10.7. The molecule has 1 unspecified atom stereocenters. The van der Waals surface area contributed by atoms with Gasteiger partial charge in [0.1, 0.15) is 5.65 Å². The van der Waals surface area contributed by atoms with Crippen LogP contribution in [0.4, 0.5) is 0 Å². The van der Waals surface area contributed by atoms with Crippen LogP contribution in [-0.4, -0.2) is 68.2 Å². The Morgan fingerprint density at radius 3 is 2.67 bits per heavy atom. The summed E-state index contributed by atoms with van der Waals surface area (Å²) in [6.45, 7) is 3.32. The molecular weight excluding hydrogens is 442 g/mol. The molecule has 10 heteroatoms. The molecule has 5 heterocycles. The van der Waals surface area contributed by atoms with E-state index in [1.807, 2.05) is 18.3 Å². The van der Waals surface area contributed by atoms with Crippen molar-refractivity contribution in [2.75, 3.05) is 32.8 Å². The summed E-state index contributed by atoms with van der Waals surface area (Å²) in [7, 11) is 0. The van der Waals surface area contributed by atoms with Gasteiger partial charge in [-0.25, -0.2) is 15.0 Å². The van der Waals surface area contributed by atoms with Crippen molar-refractivity contribution in [2.24, 2.45) is 0 Å². The zero-order valence-electron chi connectivity index (χ0n) is 17.8. The van der Waals surface area contributed by atoms with Crippen LogP contribution >= 0.6 is 11.6 Å². The number of rotatable bonds is 6. The molecule has 1 fully saturated rings. The molecule has 1 aliphatic heterocycles. The molecule has 5 rings (SSSR count). The number of halogens is 1. The molecule has 1 aliphatic rings. The maximum atomic E-state index is 13.4. The Labute approximate surface area is 195 Å². The van der Waals surface area contributed by atoms with E-state index in [1.165, 1.54) is 0 Å². The average molecular weight is 464 g/mol. The highest BCUT2D eigenvalue weighted by Gasteiger charge is 2.25. The molecule has 0 bridgehead atoms. The standard InChI is InChI=1S/C23H22ClN7O2/c24-18-4-8-26-21-20(18)17(15-31(21)23-27-6-2-7-28-23)22(32)29-14-19(16-3-1-5-25-13-16)30-9-11-33-12-10-30/h1-8,13,15,19H,9-12,14H2,(H,29,32). The second kappa shape index (κ2) is 9.62. The SMILES string of the molecule is O=C(NCC(c1cccnc1)N1CCOCC1)c1cn(-c2ncccn2)c2nccc(Cl)c12. The Morgan fingerprint density at radius 1 is 1.09 bits per heavy atom. The maximum Gasteiger partial charge on any atom is 0.253 e. The number of carbonyl (C=O) groups is 1. The summed E-state index contributed by atoms with van der Waals surface area (Å²) in [6, 6.07) is 7.31. The Hall–Kier alpha value is -3.40. The minimum Gasteiger partial charge on any atom is -0.379 e. The van der Waals surface area contributed by atoms with Crippen LogP contribution in [0.25, 0.3) is 17.0 Å². The van der Waals surface area contributed by atoms with Crippen molar-refractivity contribution in [3.05, 3.63) is 77.6 Å². The number of pyridine rings is 2. The fourth-order valence-corrected chi connectivity index (χ4v) is 4.30. The van der Waals surface area contributed by atoms with E-state index >= 15 is 0 Å². The van der Waals surface area contributed by atoms with Crippen LogP contribution < -0.4 is 5.32 Å². The van der Waals surface area contributed by atoms with Gasteiger partial charge in [0.15, 0.2) is 0 Å². The zero-order chi connectivity index (χ0) is 22.6. The summed E-state index contributed by atoms with van der Waals surface area (Å²) < 4.78 is 7.18. The number of ether oxygens (including phenoxy) is 1. The van der Waals surface area contributed by atoms with Crippen molar-refractivity contribution < 1.29 is 9.53 Å². The van der Waals surface area contributed by atoms with Crippen molar-refractivity contribution in [3.63, 3.8) is 0 Å². The van der Waals surface area contributed by atoms with Gasteiger partial charge in [-0.15, -0.1) is 0 Å². The van der Waals surface area contributed by atoms with E-state index in [-0.39, 0.29) is 11.9 Å². The van der Waals surface area contributed by atoms with Crippen molar-refractivity contribution in [1.82, 2.24) is 34.7 Å². The summed E-state index contributed by atoms with van der Waals surface area (Å²) in [5.41, 5.74) is 1.98. The minimum atomic E-state index is -0.244. The van der Waals surface area contributed by atoms with Crippen LogP contribution in [0.3, 0.4) is 0 Å². The number of fused-ring (bicyclic) bond motifs is 1. The van der Waals surface area contributed by atoms with Gasteiger partial charge in [-0.2, -0.15) is 0 Å². The molecule has 1 N–H and O–H groups in total. The minimum absolute atomic E-state index is 0.0223. The third-order valence-corrected chi connectivity index (χ3v) is 5.97. The Morgan fingerprint density at radius 2 is 1.91 bits per heavy atom. The van der Waals surface area contributed by atoms with E-state index in [0.717, 1.165) is 18.7 Å². The summed E-state index contributed by atoms with van der Waals surface area (Å²) in [5, 5.41) is 4.09. The second-order valence-corrected chi connectivity index (χ2v) is 8.02. The van der Waals surface area contributed by atoms with Crippen molar-refractivity contribution in [1.29, 1.82) is 0 Å². The molecule has 9 nitrogen and oxygen atoms in total. The topological polar surface area (TPSA) is 98.1 Å². The van der Waals surface area contributed by atoms with E-state index < -0.39 is 0 Å². The van der Waals surface area contributed by atoms with Crippen LogP contribution in [0.5, 0.6) is 0 Å². The molecule has 4 aromatic rings. The Bertz CT molecular complexity index is 1240. The lowest BCUT2D eigenvalue weighted by Gasteiger charge is -2.34. The van der Waals surface area contributed by atoms with Gasteiger partial charge in [-0.3, -0.25) is 19.2 Å². The first-order valence-corrected chi connectivity index (χ1v) is 11.0. The number of hydrogen-bond acceptors (Lipinski definition) is 7. The molecule has 1 atom stereocenters. The van der Waals surface area contributed by atoms with Gasteiger partial charge < -0.3 is 10.1 Å². The van der Waals surface area contributed by atoms with Crippen LogP contribution in [0.2, 0.25) is 5.02 Å². The second-order valence-electron chi connectivity index (χ2n) is 7.61. The number of morpholine rings is 1. The number of nitrogens with one attached hydrogen (secondary N) is 1. The number of amides is 1. The molecule has 0 aromatic carbocycles. The zero-order valence-corrected chi connectivity index (χ0v) is 18.5. The van der Waals surface area contributed by atoms with Crippen LogP contribution in [0, 0.1) is 0 Å². The smallest absolute Gasteiger partial charge is 0.253 e. The summed E-state index contributed by atoms with van der Waals surface area (Å²) in [6.07, 6.45) is 10.1. The molecule has 33 heavy (non-hydrogen) atoms. The fraction of sp³-hybridized carbons (Fsp3) is 0.261. The van der Waals surface area contributed by atoms with Crippen LogP contribution in [-0.2, 0) is 4.74 Å². The molecule has 4 aromatic heterocycles. The molecule has 1 amide bonds. The number of aromatic nitrogens is 5. The van der Waals surface area contributed by atoms with Gasteiger partial charge in [0.05, 0.1) is 35.2 Å². The monoisotopic (exact) mass is 463 g/mol. The van der Waals surface area contributed by atoms with Crippen molar-refractivity contribution in [2.45, 2.75) is 6.04 Å². The molecule has 0 radical (unpaired) electrons. The Kier molecular flexibility index (Phi) is 6.25. The molecule has 1 saturated heterocycles. The summed E-state index contributed by atoms with van der Waals surface area (Å²) in [4.78, 5) is 32.9. The quantitative estimate of drug-likeness (QED) is 0.469. The van der Waals surface area contributed by atoms with E-state index in [0.29, 0.717) is 47.3 Å². The van der Waals surface area contributed by atoms with Gasteiger partial charge in [0, 0.05) is 56.8 Å². The van der Waals surface area contributed by atoms with Gasteiger partial charge in [-0.1, -0.05) is 17.7 Å². The third kappa shape index (κ3) is 4.43. The first-order chi connectivity index (χ1) is 16.2. The summed E-state index contributed by atoms with van der Waals surface area (Å²) >= 11 is 6.48. The first kappa shape index (κ1) is 21.4. The van der Waals surface area contributed by atoms with Crippen LogP contribution in [0.1, 0.15) is 22.0 Å². The normalized spacial score (nSPS) is 15.4. The lowest BCUT2D eigenvalue weighted by molar-refractivity contribution is 0.0161. The third-order valence-electron chi connectivity index (χ3n) is 5.66. The number of nitrogens with zero attached hydrogens (tertiary/aromatic N) is 6. The van der Waals surface area contributed by atoms with Crippen LogP contribution in [0.15, 0.2) is 61.4 Å². The van der Waals surface area contributed by atoms with Gasteiger partial charge >= 0.3 is 0 Å². The molecule has 0 saturated carbocycles. The van der Waals surface area contributed by atoms with E-state index in [4.69, 9.17) is 16.3 Å². The highest BCUT2D eigenvalue weighted by Crippen LogP contribution is 2.29. The lowest BCUT2D eigenvalue weighted by Crippen LogP contribution is -2.43. The predicted molar refractivity (Wildman–Crippen MR) is 123 cm³/mol. The molecule has 0 spiro atoms. The fourth-order valence-electron chi connectivity index (χ4n) is 4.06. The lowest BCUT2D eigenvalue weighted by atomic mass is 10.1. The van der Waals surface area contributed by atoms with Gasteiger partial charge in [-0.05, 0) is 23.8 Å². The van der Waals surface area contributed by atoms with Gasteiger partial charge in [0.2, 0.25) is 5.95 Å². The largest absolute Gasteiger partial charge is 0.379 e. The maximum absolute atomic E-state index is 13.4. The highest BCUT2D eigenvalue weighted by atomic mass is 35.5. The number of hydrogen-bond donors (Lipinski definition) is 1. The number of carbonyl (C=O) groups excluding carboxylic acids is 1. The highest BCUT2D eigenvalue weighted by molar-refractivity contribution is 6.36. The van der Waals surface area contributed by atoms with Crippen molar-refractivity contribution >= 4 is 28.5 Å². The van der Waals surface area contributed by atoms with E-state index in [2.05, 4.69) is 30.2 Å².